The predicted molar refractivity (Wildman–Crippen MR) is 99.0 cm³/mol. The molecule has 1 heterocycles. The number of anilines is 1. The minimum absolute atomic E-state index is 0.497. The number of amides is 4. The maximum Gasteiger partial charge on any atom is 0.326 e. The first-order chi connectivity index (χ1) is 12.7. The lowest BCUT2D eigenvalue weighted by Crippen LogP contribution is -2.41. The average Bonchev–Trinajstić information content (AvgIpc) is 2.81. The van der Waals surface area contributed by atoms with E-state index in [1.807, 2.05) is 12.1 Å². The minimum Gasteiger partial charge on any atom is -0.454 e. The number of rotatable bonds is 8. The van der Waals surface area contributed by atoms with E-state index in [4.69, 9.17) is 4.74 Å². The molecule has 0 spiro atoms. The first kappa shape index (κ1) is 20.4. The van der Waals surface area contributed by atoms with Crippen molar-refractivity contribution in [2.45, 2.75) is 45.6 Å². The minimum atomic E-state index is -1.06. The Morgan fingerprint density at radius 3 is 2.41 bits per heavy atom. The molecule has 146 valence electrons. The van der Waals surface area contributed by atoms with Crippen molar-refractivity contribution in [3.63, 3.8) is 0 Å². The van der Waals surface area contributed by atoms with Crippen LogP contribution in [0.1, 0.15) is 39.2 Å². The van der Waals surface area contributed by atoms with Crippen LogP contribution in [-0.2, 0) is 25.5 Å². The van der Waals surface area contributed by atoms with Gasteiger partial charge in [0.05, 0.1) is 0 Å². The van der Waals surface area contributed by atoms with Crippen LogP contribution < -0.4 is 10.6 Å². The highest BCUT2D eigenvalue weighted by molar-refractivity contribution is 6.08. The molecule has 0 atom stereocenters. The standard InChI is InChI=1S/C19H25N3O5/c1-4-5-6-13-7-9-14(10-8-13)20-15(23)12-27-16(24)11-22-17(25)19(2,3)21-18(22)26/h7-10H,4-6,11-12H2,1-3H3,(H,20,23)(H,21,26). The van der Waals surface area contributed by atoms with Crippen molar-refractivity contribution >= 4 is 29.5 Å². The topological polar surface area (TPSA) is 105 Å². The monoisotopic (exact) mass is 375 g/mol. The van der Waals surface area contributed by atoms with Gasteiger partial charge in [-0.05, 0) is 44.4 Å². The Morgan fingerprint density at radius 1 is 1.19 bits per heavy atom. The van der Waals surface area contributed by atoms with Gasteiger partial charge in [-0.1, -0.05) is 25.5 Å². The highest BCUT2D eigenvalue weighted by Crippen LogP contribution is 2.16. The van der Waals surface area contributed by atoms with Crippen molar-refractivity contribution in [1.29, 1.82) is 0 Å². The number of hydrogen-bond acceptors (Lipinski definition) is 5. The Morgan fingerprint density at radius 2 is 1.85 bits per heavy atom. The van der Waals surface area contributed by atoms with E-state index in [0.29, 0.717) is 5.69 Å². The van der Waals surface area contributed by atoms with E-state index in [-0.39, 0.29) is 0 Å². The van der Waals surface area contributed by atoms with Crippen LogP contribution in [0, 0.1) is 0 Å². The second kappa shape index (κ2) is 8.66. The number of unbranched alkanes of at least 4 members (excludes halogenated alkanes) is 1. The van der Waals surface area contributed by atoms with Crippen molar-refractivity contribution in [3.8, 4) is 0 Å². The molecule has 2 rings (SSSR count). The predicted octanol–water partition coefficient (Wildman–Crippen LogP) is 1.84. The largest absolute Gasteiger partial charge is 0.454 e. The number of ether oxygens (including phenoxy) is 1. The zero-order chi connectivity index (χ0) is 20.0. The number of aryl methyl sites for hydroxylation is 1. The Bertz CT molecular complexity index is 727. The highest BCUT2D eigenvalue weighted by Gasteiger charge is 2.45. The van der Waals surface area contributed by atoms with Crippen LogP contribution in [0.4, 0.5) is 10.5 Å². The van der Waals surface area contributed by atoms with E-state index in [2.05, 4.69) is 17.6 Å². The summed E-state index contributed by atoms with van der Waals surface area (Å²) in [7, 11) is 0. The normalized spacial score (nSPS) is 15.4. The first-order valence-electron chi connectivity index (χ1n) is 8.91. The van der Waals surface area contributed by atoms with Crippen molar-refractivity contribution in [2.75, 3.05) is 18.5 Å². The van der Waals surface area contributed by atoms with E-state index in [1.54, 1.807) is 26.0 Å². The number of urea groups is 1. The Hall–Kier alpha value is -2.90. The zero-order valence-corrected chi connectivity index (χ0v) is 15.8. The van der Waals surface area contributed by atoms with E-state index >= 15 is 0 Å². The maximum absolute atomic E-state index is 12.0. The quantitative estimate of drug-likeness (QED) is 0.533. The molecule has 4 amide bonds. The summed E-state index contributed by atoms with van der Waals surface area (Å²) in [5.74, 6) is -1.85. The molecule has 1 fully saturated rings. The van der Waals surface area contributed by atoms with Gasteiger partial charge in [-0.25, -0.2) is 4.79 Å². The molecule has 2 N–H and O–H groups in total. The third kappa shape index (κ3) is 5.54. The van der Waals surface area contributed by atoms with Gasteiger partial charge in [0.2, 0.25) is 0 Å². The number of carbonyl (C=O) groups is 4. The summed E-state index contributed by atoms with van der Waals surface area (Å²) in [4.78, 5) is 48.2. The lowest BCUT2D eigenvalue weighted by molar-refractivity contribution is -0.150. The van der Waals surface area contributed by atoms with Crippen molar-refractivity contribution in [2.24, 2.45) is 0 Å². The van der Waals surface area contributed by atoms with Gasteiger partial charge >= 0.3 is 12.0 Å². The van der Waals surface area contributed by atoms with Crippen LogP contribution in [0.2, 0.25) is 0 Å². The fourth-order valence-electron chi connectivity index (χ4n) is 2.62. The summed E-state index contributed by atoms with van der Waals surface area (Å²) in [5.41, 5.74) is 0.739. The molecule has 0 aliphatic carbocycles. The van der Waals surface area contributed by atoms with Gasteiger partial charge in [-0.3, -0.25) is 19.3 Å². The molecule has 1 aromatic carbocycles. The van der Waals surface area contributed by atoms with Crippen LogP contribution in [0.15, 0.2) is 24.3 Å². The van der Waals surface area contributed by atoms with Crippen molar-refractivity contribution < 1.29 is 23.9 Å². The SMILES string of the molecule is CCCCc1ccc(NC(=O)COC(=O)CN2C(=O)NC(C)(C)C2=O)cc1. The summed E-state index contributed by atoms with van der Waals surface area (Å²) in [6, 6.07) is 6.81. The van der Waals surface area contributed by atoms with Crippen LogP contribution in [0.5, 0.6) is 0 Å². The van der Waals surface area contributed by atoms with E-state index < -0.39 is 42.5 Å². The number of nitrogens with zero attached hydrogens (tertiary/aromatic N) is 1. The molecular weight excluding hydrogens is 350 g/mol. The van der Waals surface area contributed by atoms with Crippen LogP contribution in [0.3, 0.4) is 0 Å². The van der Waals surface area contributed by atoms with E-state index in [9.17, 15) is 19.2 Å². The molecule has 0 saturated carbocycles. The average molecular weight is 375 g/mol. The van der Waals surface area contributed by atoms with Crippen LogP contribution in [0.25, 0.3) is 0 Å². The molecule has 27 heavy (non-hydrogen) atoms. The second-order valence-corrected chi connectivity index (χ2v) is 6.96. The molecular formula is C19H25N3O5. The van der Waals surface area contributed by atoms with Gasteiger partial charge in [0, 0.05) is 5.69 Å². The summed E-state index contributed by atoms with van der Waals surface area (Å²) < 4.78 is 4.85. The third-order valence-corrected chi connectivity index (χ3v) is 4.15. The lowest BCUT2D eigenvalue weighted by Gasteiger charge is -2.15. The molecule has 8 nitrogen and oxygen atoms in total. The molecule has 0 aromatic heterocycles. The Balaban J connectivity index is 1.77. The number of hydrogen-bond donors (Lipinski definition) is 2. The van der Waals surface area contributed by atoms with Gasteiger partial charge in [0.1, 0.15) is 12.1 Å². The third-order valence-electron chi connectivity index (χ3n) is 4.15. The first-order valence-corrected chi connectivity index (χ1v) is 8.91. The molecule has 8 heteroatoms. The van der Waals surface area contributed by atoms with Gasteiger partial charge in [-0.2, -0.15) is 0 Å². The number of esters is 1. The Kier molecular flexibility index (Phi) is 6.55. The Labute approximate surface area is 158 Å². The molecule has 1 saturated heterocycles. The molecule has 1 aromatic rings. The molecule has 1 aliphatic heterocycles. The number of carbonyl (C=O) groups excluding carboxylic acids is 4. The van der Waals surface area contributed by atoms with Gasteiger partial charge in [0.15, 0.2) is 6.61 Å². The fourth-order valence-corrected chi connectivity index (χ4v) is 2.62. The zero-order valence-electron chi connectivity index (χ0n) is 15.8. The van der Waals surface area contributed by atoms with E-state index in [1.165, 1.54) is 5.56 Å². The van der Waals surface area contributed by atoms with Crippen LogP contribution >= 0.6 is 0 Å². The van der Waals surface area contributed by atoms with Crippen molar-refractivity contribution in [3.05, 3.63) is 29.8 Å². The molecule has 0 unspecified atom stereocenters. The van der Waals surface area contributed by atoms with Gasteiger partial charge in [-0.15, -0.1) is 0 Å². The van der Waals surface area contributed by atoms with Gasteiger partial charge < -0.3 is 15.4 Å². The highest BCUT2D eigenvalue weighted by atomic mass is 16.5. The summed E-state index contributed by atoms with van der Waals surface area (Å²) in [5, 5.41) is 5.09. The second-order valence-electron chi connectivity index (χ2n) is 6.96. The lowest BCUT2D eigenvalue weighted by atomic mass is 10.1. The molecule has 0 radical (unpaired) electrons. The van der Waals surface area contributed by atoms with Crippen molar-refractivity contribution in [1.82, 2.24) is 10.2 Å². The summed E-state index contributed by atoms with van der Waals surface area (Å²) in [6.45, 7) is 4.18. The number of benzene rings is 1. The summed E-state index contributed by atoms with van der Waals surface area (Å²) >= 11 is 0. The number of imide groups is 1. The molecule has 0 bridgehead atoms. The van der Waals surface area contributed by atoms with E-state index in [0.717, 1.165) is 24.2 Å². The smallest absolute Gasteiger partial charge is 0.326 e. The number of nitrogens with one attached hydrogen (secondary N) is 2. The molecule has 1 aliphatic rings. The summed E-state index contributed by atoms with van der Waals surface area (Å²) in [6.07, 6.45) is 3.21. The van der Waals surface area contributed by atoms with Crippen LogP contribution in [-0.4, -0.2) is 47.4 Å². The fraction of sp³-hybridized carbons (Fsp3) is 0.474. The van der Waals surface area contributed by atoms with Gasteiger partial charge in [0.25, 0.3) is 11.8 Å². The maximum atomic E-state index is 12.0.